The summed E-state index contributed by atoms with van der Waals surface area (Å²) in [5.74, 6) is 1.72. The highest BCUT2D eigenvalue weighted by molar-refractivity contribution is 5.05. The molecule has 2 rings (SSSR count). The average Bonchev–Trinajstić information content (AvgIpc) is 2.74. The lowest BCUT2D eigenvalue weighted by Crippen LogP contribution is -2.36. The van der Waals surface area contributed by atoms with Crippen molar-refractivity contribution in [1.82, 2.24) is 14.9 Å². The van der Waals surface area contributed by atoms with Crippen LogP contribution in [0.25, 0.3) is 0 Å². The SMILES string of the molecule is COCCN1CCC[C@H](c2ncc(C)[nH]2)C1. The molecule has 0 aromatic carbocycles. The average molecular weight is 223 g/mol. The molecule has 0 aliphatic carbocycles. The Balaban J connectivity index is 1.91. The summed E-state index contributed by atoms with van der Waals surface area (Å²) in [7, 11) is 1.76. The summed E-state index contributed by atoms with van der Waals surface area (Å²) >= 11 is 0. The molecule has 90 valence electrons. The van der Waals surface area contributed by atoms with Crippen LogP contribution in [0.5, 0.6) is 0 Å². The van der Waals surface area contributed by atoms with Gasteiger partial charge in [-0.05, 0) is 26.3 Å². The van der Waals surface area contributed by atoms with Crippen molar-refractivity contribution in [3.8, 4) is 0 Å². The second kappa shape index (κ2) is 5.46. The first-order valence-electron chi connectivity index (χ1n) is 6.02. The maximum Gasteiger partial charge on any atom is 0.110 e. The fourth-order valence-corrected chi connectivity index (χ4v) is 2.34. The number of nitrogens with zero attached hydrogens (tertiary/aromatic N) is 2. The standard InChI is InChI=1S/C12H21N3O/c1-10-8-13-12(14-10)11-4-3-5-15(9-11)6-7-16-2/h8,11H,3-7,9H2,1-2H3,(H,13,14)/t11-/m0/s1. The molecule has 1 aromatic heterocycles. The second-order valence-corrected chi connectivity index (χ2v) is 4.58. The number of aromatic amines is 1. The van der Waals surface area contributed by atoms with E-state index in [-0.39, 0.29) is 0 Å². The van der Waals surface area contributed by atoms with Gasteiger partial charge >= 0.3 is 0 Å². The number of aryl methyl sites for hydroxylation is 1. The maximum absolute atomic E-state index is 5.12. The van der Waals surface area contributed by atoms with Crippen molar-refractivity contribution < 1.29 is 4.74 Å². The van der Waals surface area contributed by atoms with Crippen LogP contribution in [-0.2, 0) is 4.74 Å². The summed E-state index contributed by atoms with van der Waals surface area (Å²) in [5.41, 5.74) is 1.16. The number of ether oxygens (including phenoxy) is 1. The smallest absolute Gasteiger partial charge is 0.110 e. The number of hydrogen-bond acceptors (Lipinski definition) is 3. The van der Waals surface area contributed by atoms with Gasteiger partial charge in [0.1, 0.15) is 5.82 Å². The molecule has 0 spiro atoms. The molecule has 1 N–H and O–H groups in total. The van der Waals surface area contributed by atoms with E-state index in [4.69, 9.17) is 4.74 Å². The van der Waals surface area contributed by atoms with Gasteiger partial charge in [-0.25, -0.2) is 4.98 Å². The molecule has 0 saturated carbocycles. The second-order valence-electron chi connectivity index (χ2n) is 4.58. The number of rotatable bonds is 4. The Labute approximate surface area is 97.0 Å². The van der Waals surface area contributed by atoms with Gasteiger partial charge in [0.2, 0.25) is 0 Å². The Kier molecular flexibility index (Phi) is 3.96. The van der Waals surface area contributed by atoms with Gasteiger partial charge in [-0.15, -0.1) is 0 Å². The Morgan fingerprint density at radius 1 is 1.62 bits per heavy atom. The fourth-order valence-electron chi connectivity index (χ4n) is 2.34. The summed E-state index contributed by atoms with van der Waals surface area (Å²) in [6, 6.07) is 0. The van der Waals surface area contributed by atoms with Crippen LogP contribution < -0.4 is 0 Å². The first-order valence-corrected chi connectivity index (χ1v) is 6.02. The molecule has 1 aliphatic heterocycles. The highest BCUT2D eigenvalue weighted by atomic mass is 16.5. The number of nitrogens with one attached hydrogen (secondary N) is 1. The molecule has 4 nitrogen and oxygen atoms in total. The topological polar surface area (TPSA) is 41.1 Å². The van der Waals surface area contributed by atoms with Crippen LogP contribution in [-0.4, -0.2) is 48.2 Å². The zero-order valence-electron chi connectivity index (χ0n) is 10.2. The van der Waals surface area contributed by atoms with Gasteiger partial charge in [0.15, 0.2) is 0 Å². The van der Waals surface area contributed by atoms with Crippen molar-refractivity contribution >= 4 is 0 Å². The van der Waals surface area contributed by atoms with Crippen LogP contribution in [0.3, 0.4) is 0 Å². The van der Waals surface area contributed by atoms with Gasteiger partial charge < -0.3 is 14.6 Å². The number of aromatic nitrogens is 2. The minimum absolute atomic E-state index is 0.569. The van der Waals surface area contributed by atoms with Crippen molar-refractivity contribution in [2.24, 2.45) is 0 Å². The first-order chi connectivity index (χ1) is 7.79. The summed E-state index contributed by atoms with van der Waals surface area (Å²) in [6.07, 6.45) is 4.42. The number of methoxy groups -OCH3 is 1. The molecule has 0 unspecified atom stereocenters. The molecule has 0 amide bonds. The molecule has 1 aliphatic rings. The lowest BCUT2D eigenvalue weighted by molar-refractivity contribution is 0.127. The van der Waals surface area contributed by atoms with E-state index in [2.05, 4.69) is 21.8 Å². The number of piperidine rings is 1. The van der Waals surface area contributed by atoms with Crippen LogP contribution >= 0.6 is 0 Å². The predicted octanol–water partition coefficient (Wildman–Crippen LogP) is 1.54. The van der Waals surface area contributed by atoms with E-state index in [9.17, 15) is 0 Å². The van der Waals surface area contributed by atoms with Crippen LogP contribution in [0.4, 0.5) is 0 Å². The van der Waals surface area contributed by atoms with Gasteiger partial charge in [-0.1, -0.05) is 0 Å². The molecule has 1 aromatic rings. The predicted molar refractivity (Wildman–Crippen MR) is 63.6 cm³/mol. The van der Waals surface area contributed by atoms with Gasteiger partial charge in [0.25, 0.3) is 0 Å². The van der Waals surface area contributed by atoms with E-state index in [1.165, 1.54) is 19.4 Å². The number of likely N-dealkylation sites (tertiary alicyclic amines) is 1. The summed E-state index contributed by atoms with van der Waals surface area (Å²) in [5, 5.41) is 0. The number of imidazole rings is 1. The summed E-state index contributed by atoms with van der Waals surface area (Å²) < 4.78 is 5.12. The molecule has 1 fully saturated rings. The first kappa shape index (κ1) is 11.6. The van der Waals surface area contributed by atoms with E-state index in [1.807, 2.05) is 6.20 Å². The van der Waals surface area contributed by atoms with Crippen molar-refractivity contribution in [2.45, 2.75) is 25.7 Å². The third kappa shape index (κ3) is 2.83. The third-order valence-corrected chi connectivity index (χ3v) is 3.23. The zero-order valence-corrected chi connectivity index (χ0v) is 10.2. The largest absolute Gasteiger partial charge is 0.383 e. The molecular weight excluding hydrogens is 202 g/mol. The maximum atomic E-state index is 5.12. The van der Waals surface area contributed by atoms with E-state index >= 15 is 0 Å². The van der Waals surface area contributed by atoms with Crippen LogP contribution in [0.1, 0.15) is 30.3 Å². The monoisotopic (exact) mass is 223 g/mol. The minimum Gasteiger partial charge on any atom is -0.383 e. The Bertz CT molecular complexity index is 324. The van der Waals surface area contributed by atoms with Crippen molar-refractivity contribution in [2.75, 3.05) is 33.4 Å². The molecule has 1 atom stereocenters. The molecule has 1 saturated heterocycles. The number of H-pyrrole nitrogens is 1. The highest BCUT2D eigenvalue weighted by Gasteiger charge is 2.22. The van der Waals surface area contributed by atoms with Gasteiger partial charge in [0.05, 0.1) is 6.61 Å². The van der Waals surface area contributed by atoms with Crippen LogP contribution in [0.2, 0.25) is 0 Å². The normalized spacial score (nSPS) is 22.5. The molecule has 2 heterocycles. The van der Waals surface area contributed by atoms with Crippen LogP contribution in [0, 0.1) is 6.92 Å². The van der Waals surface area contributed by atoms with E-state index in [0.717, 1.165) is 31.2 Å². The lowest BCUT2D eigenvalue weighted by Gasteiger charge is -2.31. The minimum atomic E-state index is 0.569. The zero-order chi connectivity index (χ0) is 11.4. The number of hydrogen-bond donors (Lipinski definition) is 1. The molecule has 0 bridgehead atoms. The van der Waals surface area contributed by atoms with E-state index < -0.39 is 0 Å². The molecular formula is C12H21N3O. The van der Waals surface area contributed by atoms with Gasteiger partial charge in [-0.2, -0.15) is 0 Å². The summed E-state index contributed by atoms with van der Waals surface area (Å²) in [4.78, 5) is 10.3. The van der Waals surface area contributed by atoms with Gasteiger partial charge in [0, 0.05) is 38.0 Å². The fraction of sp³-hybridized carbons (Fsp3) is 0.750. The third-order valence-electron chi connectivity index (χ3n) is 3.23. The Hall–Kier alpha value is -0.870. The quantitative estimate of drug-likeness (QED) is 0.842. The Morgan fingerprint density at radius 3 is 3.19 bits per heavy atom. The van der Waals surface area contributed by atoms with E-state index in [0.29, 0.717) is 5.92 Å². The summed E-state index contributed by atoms with van der Waals surface area (Å²) in [6.45, 7) is 6.22. The molecule has 0 radical (unpaired) electrons. The molecule has 16 heavy (non-hydrogen) atoms. The molecule has 4 heteroatoms. The van der Waals surface area contributed by atoms with E-state index in [1.54, 1.807) is 7.11 Å². The van der Waals surface area contributed by atoms with Crippen molar-refractivity contribution in [3.63, 3.8) is 0 Å². The van der Waals surface area contributed by atoms with Crippen molar-refractivity contribution in [3.05, 3.63) is 17.7 Å². The Morgan fingerprint density at radius 2 is 2.50 bits per heavy atom. The van der Waals surface area contributed by atoms with Gasteiger partial charge in [-0.3, -0.25) is 0 Å². The van der Waals surface area contributed by atoms with Crippen molar-refractivity contribution in [1.29, 1.82) is 0 Å². The highest BCUT2D eigenvalue weighted by Crippen LogP contribution is 2.24. The van der Waals surface area contributed by atoms with Crippen LogP contribution in [0.15, 0.2) is 6.20 Å². The lowest BCUT2D eigenvalue weighted by atomic mass is 9.97.